The van der Waals surface area contributed by atoms with Crippen LogP contribution in [0.25, 0.3) is 0 Å². The van der Waals surface area contributed by atoms with E-state index in [2.05, 4.69) is 39.8 Å². The van der Waals surface area contributed by atoms with Crippen molar-refractivity contribution in [1.29, 1.82) is 0 Å². The molecule has 2 radical (unpaired) electrons. The third-order valence-corrected chi connectivity index (χ3v) is 6.01. The van der Waals surface area contributed by atoms with Crippen LogP contribution in [0.2, 0.25) is 0 Å². The molecule has 0 aromatic carbocycles. The predicted octanol–water partition coefficient (Wildman–Crippen LogP) is 9.50. The summed E-state index contributed by atoms with van der Waals surface area (Å²) in [5, 5.41) is 0. The Kier molecular flexibility index (Phi) is 20.8. The van der Waals surface area contributed by atoms with Crippen molar-refractivity contribution < 1.29 is 0 Å². The first kappa shape index (κ1) is 25.7. The summed E-state index contributed by atoms with van der Waals surface area (Å²) in [6, 6.07) is 0. The largest absolute Gasteiger partial charge is 0.0885 e. The molecule has 0 fully saturated rings. The van der Waals surface area contributed by atoms with Crippen molar-refractivity contribution in [2.45, 2.75) is 129 Å². The second-order valence-corrected chi connectivity index (χ2v) is 8.30. The SMILES string of the molecule is [CH2]CCCCCCCC(CC)CCC=CCC(CC)CCCCCC[CH2]. The fraction of sp³-hybridized carbons (Fsp3) is 0.846. The first-order valence-electron chi connectivity index (χ1n) is 12.0. The van der Waals surface area contributed by atoms with E-state index >= 15 is 0 Å². The van der Waals surface area contributed by atoms with Crippen molar-refractivity contribution in [2.75, 3.05) is 0 Å². The molecule has 0 aliphatic rings. The Balaban J connectivity index is 3.69. The summed E-state index contributed by atoms with van der Waals surface area (Å²) in [6.45, 7) is 12.6. The molecule has 0 spiro atoms. The summed E-state index contributed by atoms with van der Waals surface area (Å²) in [6.07, 6.45) is 29.2. The molecule has 0 saturated heterocycles. The molecule has 2 unspecified atom stereocenters. The van der Waals surface area contributed by atoms with Gasteiger partial charge in [0.2, 0.25) is 0 Å². The van der Waals surface area contributed by atoms with E-state index in [1.165, 1.54) is 103 Å². The first-order chi connectivity index (χ1) is 12.8. The number of hydrogen-bond donors (Lipinski definition) is 0. The second kappa shape index (κ2) is 21.0. The van der Waals surface area contributed by atoms with Gasteiger partial charge in [0.25, 0.3) is 0 Å². The van der Waals surface area contributed by atoms with Crippen LogP contribution in [0.1, 0.15) is 129 Å². The molecular formula is C26H50. The minimum absolute atomic E-state index is 0.909. The molecule has 0 amide bonds. The third kappa shape index (κ3) is 17.2. The van der Waals surface area contributed by atoms with E-state index < -0.39 is 0 Å². The normalized spacial score (nSPS) is 14.2. The number of hydrogen-bond acceptors (Lipinski definition) is 0. The van der Waals surface area contributed by atoms with Gasteiger partial charge in [0.05, 0.1) is 0 Å². The zero-order chi connectivity index (χ0) is 19.3. The zero-order valence-electron chi connectivity index (χ0n) is 18.5. The van der Waals surface area contributed by atoms with E-state index in [1.807, 2.05) is 0 Å². The van der Waals surface area contributed by atoms with Gasteiger partial charge in [0, 0.05) is 0 Å². The van der Waals surface area contributed by atoms with Gasteiger partial charge in [-0.3, -0.25) is 0 Å². The molecule has 26 heavy (non-hydrogen) atoms. The molecule has 0 rings (SSSR count). The third-order valence-electron chi connectivity index (χ3n) is 6.01. The van der Waals surface area contributed by atoms with Gasteiger partial charge in [-0.25, -0.2) is 0 Å². The van der Waals surface area contributed by atoms with E-state index in [-0.39, 0.29) is 0 Å². The predicted molar refractivity (Wildman–Crippen MR) is 121 cm³/mol. The smallest absolute Gasteiger partial charge is 0.0322 e. The molecule has 0 saturated carbocycles. The fourth-order valence-electron chi connectivity index (χ4n) is 3.88. The minimum atomic E-state index is 0.909. The van der Waals surface area contributed by atoms with Gasteiger partial charge in [0.15, 0.2) is 0 Å². The highest BCUT2D eigenvalue weighted by Gasteiger charge is 2.06. The van der Waals surface area contributed by atoms with Crippen molar-refractivity contribution in [3.05, 3.63) is 26.0 Å². The maximum atomic E-state index is 3.93. The van der Waals surface area contributed by atoms with Crippen molar-refractivity contribution in [2.24, 2.45) is 11.8 Å². The van der Waals surface area contributed by atoms with E-state index in [4.69, 9.17) is 0 Å². The molecule has 0 aliphatic carbocycles. The lowest BCUT2D eigenvalue weighted by Crippen LogP contribution is -1.99. The maximum absolute atomic E-state index is 3.93. The first-order valence-corrected chi connectivity index (χ1v) is 12.0. The van der Waals surface area contributed by atoms with Gasteiger partial charge in [-0.05, 0) is 31.1 Å². The van der Waals surface area contributed by atoms with Crippen molar-refractivity contribution >= 4 is 0 Å². The lowest BCUT2D eigenvalue weighted by Gasteiger charge is -2.14. The van der Waals surface area contributed by atoms with E-state index in [1.54, 1.807) is 0 Å². The van der Waals surface area contributed by atoms with Crippen molar-refractivity contribution in [3.63, 3.8) is 0 Å². The number of unbranched alkanes of at least 4 members (excludes halogenated alkanes) is 9. The van der Waals surface area contributed by atoms with Gasteiger partial charge < -0.3 is 0 Å². The van der Waals surface area contributed by atoms with Gasteiger partial charge in [-0.1, -0.05) is 136 Å². The Morgan fingerprint density at radius 1 is 0.577 bits per heavy atom. The van der Waals surface area contributed by atoms with Gasteiger partial charge in [-0.2, -0.15) is 0 Å². The molecule has 0 bridgehead atoms. The highest BCUT2D eigenvalue weighted by molar-refractivity contribution is 4.84. The molecule has 0 N–H and O–H groups in total. The van der Waals surface area contributed by atoms with Crippen LogP contribution < -0.4 is 0 Å². The Labute approximate surface area is 167 Å². The van der Waals surface area contributed by atoms with E-state index in [0.717, 1.165) is 24.7 Å². The summed E-state index contributed by atoms with van der Waals surface area (Å²) in [4.78, 5) is 0. The van der Waals surface area contributed by atoms with Crippen molar-refractivity contribution in [1.82, 2.24) is 0 Å². The molecule has 0 heterocycles. The molecule has 0 aromatic rings. The molecule has 0 aliphatic heterocycles. The second-order valence-electron chi connectivity index (χ2n) is 8.30. The minimum Gasteiger partial charge on any atom is -0.0885 e. The van der Waals surface area contributed by atoms with Crippen molar-refractivity contribution in [3.8, 4) is 0 Å². The average Bonchev–Trinajstić information content (AvgIpc) is 2.66. The highest BCUT2D eigenvalue weighted by Crippen LogP contribution is 2.21. The maximum Gasteiger partial charge on any atom is -0.0322 e. The summed E-state index contributed by atoms with van der Waals surface area (Å²) >= 11 is 0. The van der Waals surface area contributed by atoms with Crippen LogP contribution in [0.3, 0.4) is 0 Å². The van der Waals surface area contributed by atoms with Crippen LogP contribution in [0, 0.1) is 25.7 Å². The lowest BCUT2D eigenvalue weighted by molar-refractivity contribution is 0.414. The summed E-state index contributed by atoms with van der Waals surface area (Å²) < 4.78 is 0. The van der Waals surface area contributed by atoms with Crippen LogP contribution in [0.4, 0.5) is 0 Å². The van der Waals surface area contributed by atoms with Crippen LogP contribution >= 0.6 is 0 Å². The van der Waals surface area contributed by atoms with Gasteiger partial charge in [0.1, 0.15) is 0 Å². The fourth-order valence-corrected chi connectivity index (χ4v) is 3.88. The van der Waals surface area contributed by atoms with Crippen LogP contribution in [-0.2, 0) is 0 Å². The number of rotatable bonds is 20. The van der Waals surface area contributed by atoms with Gasteiger partial charge >= 0.3 is 0 Å². The van der Waals surface area contributed by atoms with Crippen LogP contribution in [0.15, 0.2) is 12.2 Å². The quantitative estimate of drug-likeness (QED) is 0.149. The average molecular weight is 363 g/mol. The van der Waals surface area contributed by atoms with Gasteiger partial charge in [-0.15, -0.1) is 0 Å². The van der Waals surface area contributed by atoms with E-state index in [9.17, 15) is 0 Å². The standard InChI is InChI=1S/C26H50/c1-5-9-11-13-15-18-22-26(8-4)24-20-16-19-23-25(7-3)21-17-14-12-10-6-2/h16,19,25-26H,1-2,5-15,17-18,20-24H2,3-4H3. The van der Waals surface area contributed by atoms with Crippen LogP contribution in [0.5, 0.6) is 0 Å². The Bertz CT molecular complexity index is 278. The topological polar surface area (TPSA) is 0 Å². The highest BCUT2D eigenvalue weighted by atomic mass is 14.1. The lowest BCUT2D eigenvalue weighted by atomic mass is 9.92. The molecule has 0 aromatic heterocycles. The van der Waals surface area contributed by atoms with Crippen LogP contribution in [-0.4, -0.2) is 0 Å². The Hall–Kier alpha value is -0.260. The zero-order valence-corrected chi connectivity index (χ0v) is 18.5. The molecule has 154 valence electrons. The summed E-state index contributed by atoms with van der Waals surface area (Å²) in [5.41, 5.74) is 0. The Morgan fingerprint density at radius 3 is 1.62 bits per heavy atom. The molecule has 0 nitrogen and oxygen atoms in total. The molecule has 2 atom stereocenters. The molecular weight excluding hydrogens is 312 g/mol. The Morgan fingerprint density at radius 2 is 1.08 bits per heavy atom. The summed E-state index contributed by atoms with van der Waals surface area (Å²) in [7, 11) is 0. The van der Waals surface area contributed by atoms with E-state index in [0.29, 0.717) is 0 Å². The monoisotopic (exact) mass is 362 g/mol. The molecule has 0 heteroatoms. The number of allylic oxidation sites excluding steroid dienone is 2. The summed E-state index contributed by atoms with van der Waals surface area (Å²) in [5.74, 6) is 1.86.